The molecular formula is C16H24N6O3. The van der Waals surface area contributed by atoms with Crippen LogP contribution in [0.4, 0.5) is 16.6 Å². The number of aryl methyl sites for hydroxylation is 1. The van der Waals surface area contributed by atoms with Crippen molar-refractivity contribution >= 4 is 17.9 Å². The van der Waals surface area contributed by atoms with Crippen LogP contribution in [0.15, 0.2) is 16.8 Å². The lowest BCUT2D eigenvalue weighted by atomic mass is 10.3. The van der Waals surface area contributed by atoms with Gasteiger partial charge < -0.3 is 14.6 Å². The molecule has 1 saturated heterocycles. The van der Waals surface area contributed by atoms with Crippen molar-refractivity contribution < 1.29 is 14.1 Å². The number of ether oxygens (including phenoxy) is 1. The molecule has 9 heteroatoms. The molecule has 1 amide bonds. The fraction of sp³-hybridized carbons (Fsp3) is 0.562. The third kappa shape index (κ3) is 4.88. The van der Waals surface area contributed by atoms with E-state index in [2.05, 4.69) is 39.3 Å². The van der Waals surface area contributed by atoms with Gasteiger partial charge in [-0.3, -0.25) is 4.90 Å². The van der Waals surface area contributed by atoms with Gasteiger partial charge in [-0.05, 0) is 13.0 Å². The first-order chi connectivity index (χ1) is 12.1. The SMILES string of the molecule is CCC.CCc1noc(C(C)Nc2nccc(N3CCOC3=O)n2)n1. The highest BCUT2D eigenvalue weighted by Gasteiger charge is 2.25. The third-order valence-electron chi connectivity index (χ3n) is 3.19. The number of amides is 1. The first-order valence-electron chi connectivity index (χ1n) is 8.45. The molecule has 0 aromatic carbocycles. The molecule has 0 spiro atoms. The molecule has 1 unspecified atom stereocenters. The Balaban J connectivity index is 0.000000701. The monoisotopic (exact) mass is 348 g/mol. The summed E-state index contributed by atoms with van der Waals surface area (Å²) in [5, 5.41) is 6.93. The van der Waals surface area contributed by atoms with Crippen molar-refractivity contribution in [2.75, 3.05) is 23.4 Å². The van der Waals surface area contributed by atoms with Gasteiger partial charge in [0.2, 0.25) is 11.8 Å². The molecule has 0 bridgehead atoms. The van der Waals surface area contributed by atoms with E-state index >= 15 is 0 Å². The van der Waals surface area contributed by atoms with E-state index in [4.69, 9.17) is 9.26 Å². The maximum atomic E-state index is 11.6. The minimum Gasteiger partial charge on any atom is -0.447 e. The van der Waals surface area contributed by atoms with Crippen molar-refractivity contribution in [2.45, 2.75) is 46.6 Å². The lowest BCUT2D eigenvalue weighted by Gasteiger charge is -2.14. The molecule has 1 atom stereocenters. The van der Waals surface area contributed by atoms with Crippen LogP contribution < -0.4 is 10.2 Å². The number of carbonyl (C=O) groups is 1. The summed E-state index contributed by atoms with van der Waals surface area (Å²) in [6, 6.07) is 1.42. The molecule has 2 aromatic heterocycles. The molecule has 3 heterocycles. The Labute approximate surface area is 146 Å². The molecule has 2 aromatic rings. The summed E-state index contributed by atoms with van der Waals surface area (Å²) >= 11 is 0. The number of rotatable bonds is 5. The van der Waals surface area contributed by atoms with Crippen LogP contribution in [0.5, 0.6) is 0 Å². The van der Waals surface area contributed by atoms with E-state index in [0.717, 1.165) is 0 Å². The Morgan fingerprint density at radius 3 is 2.68 bits per heavy atom. The highest BCUT2D eigenvalue weighted by Crippen LogP contribution is 2.19. The van der Waals surface area contributed by atoms with Gasteiger partial charge in [0.25, 0.3) is 0 Å². The summed E-state index contributed by atoms with van der Waals surface area (Å²) in [7, 11) is 0. The van der Waals surface area contributed by atoms with Gasteiger partial charge >= 0.3 is 6.09 Å². The Morgan fingerprint density at radius 1 is 1.32 bits per heavy atom. The van der Waals surface area contributed by atoms with Crippen LogP contribution in [-0.2, 0) is 11.2 Å². The number of nitrogens with one attached hydrogen (secondary N) is 1. The molecule has 1 N–H and O–H groups in total. The number of nitrogens with zero attached hydrogens (tertiary/aromatic N) is 5. The molecule has 136 valence electrons. The van der Waals surface area contributed by atoms with Crippen LogP contribution >= 0.6 is 0 Å². The number of aromatic nitrogens is 4. The molecule has 0 saturated carbocycles. The average molecular weight is 348 g/mol. The van der Waals surface area contributed by atoms with Gasteiger partial charge in [-0.25, -0.2) is 9.78 Å². The van der Waals surface area contributed by atoms with Gasteiger partial charge in [0.05, 0.1) is 6.54 Å². The summed E-state index contributed by atoms with van der Waals surface area (Å²) in [6.45, 7) is 8.92. The molecule has 0 aliphatic carbocycles. The first-order valence-corrected chi connectivity index (χ1v) is 8.45. The van der Waals surface area contributed by atoms with Crippen LogP contribution in [0.3, 0.4) is 0 Å². The summed E-state index contributed by atoms with van der Waals surface area (Å²) in [6.07, 6.45) is 3.13. The minimum absolute atomic E-state index is 0.242. The second-order valence-electron chi connectivity index (χ2n) is 5.48. The van der Waals surface area contributed by atoms with E-state index in [0.29, 0.717) is 43.1 Å². The molecule has 0 radical (unpaired) electrons. The molecular weight excluding hydrogens is 324 g/mol. The Hall–Kier alpha value is -2.71. The number of anilines is 2. The smallest absolute Gasteiger partial charge is 0.415 e. The molecule has 3 rings (SSSR count). The molecule has 25 heavy (non-hydrogen) atoms. The second kappa shape index (κ2) is 8.95. The molecule has 1 fully saturated rings. The minimum atomic E-state index is -0.401. The summed E-state index contributed by atoms with van der Waals surface area (Å²) < 4.78 is 10.1. The zero-order valence-corrected chi connectivity index (χ0v) is 15.0. The van der Waals surface area contributed by atoms with E-state index in [1.54, 1.807) is 12.3 Å². The Bertz CT molecular complexity index is 690. The molecule has 1 aliphatic rings. The van der Waals surface area contributed by atoms with Gasteiger partial charge in [-0.15, -0.1) is 0 Å². The largest absolute Gasteiger partial charge is 0.447 e. The highest BCUT2D eigenvalue weighted by molar-refractivity contribution is 5.88. The maximum Gasteiger partial charge on any atom is 0.415 e. The van der Waals surface area contributed by atoms with Crippen LogP contribution in [-0.4, -0.2) is 39.4 Å². The molecule has 9 nitrogen and oxygen atoms in total. The third-order valence-corrected chi connectivity index (χ3v) is 3.19. The zero-order valence-electron chi connectivity index (χ0n) is 15.0. The standard InChI is InChI=1S/C13H16N6O3.C3H8/c1-3-9-16-11(22-18-9)8(2)15-12-14-5-4-10(17-12)19-6-7-21-13(19)20;1-3-2/h4-5,8H,3,6-7H2,1-2H3,(H,14,15,17);3H2,1-2H3. The van der Waals surface area contributed by atoms with Crippen LogP contribution in [0, 0.1) is 0 Å². The van der Waals surface area contributed by atoms with Crippen molar-refractivity contribution in [3.63, 3.8) is 0 Å². The number of hydrogen-bond acceptors (Lipinski definition) is 8. The van der Waals surface area contributed by atoms with Crippen LogP contribution in [0.25, 0.3) is 0 Å². The van der Waals surface area contributed by atoms with E-state index < -0.39 is 6.09 Å². The zero-order chi connectivity index (χ0) is 18.2. The topological polar surface area (TPSA) is 106 Å². The Morgan fingerprint density at radius 2 is 2.08 bits per heavy atom. The lowest BCUT2D eigenvalue weighted by molar-refractivity contribution is 0.181. The average Bonchev–Trinajstić information content (AvgIpc) is 3.24. The first kappa shape index (κ1) is 18.6. The Kier molecular flexibility index (Phi) is 6.67. The van der Waals surface area contributed by atoms with Crippen molar-refractivity contribution in [1.29, 1.82) is 0 Å². The van der Waals surface area contributed by atoms with Gasteiger partial charge in [0.15, 0.2) is 5.82 Å². The fourth-order valence-electron chi connectivity index (χ4n) is 2.01. The van der Waals surface area contributed by atoms with Crippen LogP contribution in [0.1, 0.15) is 51.9 Å². The van der Waals surface area contributed by atoms with Gasteiger partial charge in [0, 0.05) is 12.6 Å². The van der Waals surface area contributed by atoms with E-state index in [1.165, 1.54) is 11.3 Å². The number of carbonyl (C=O) groups excluding carboxylic acids is 1. The van der Waals surface area contributed by atoms with Crippen molar-refractivity contribution in [1.82, 2.24) is 20.1 Å². The summed E-state index contributed by atoms with van der Waals surface area (Å²) in [5.41, 5.74) is 0. The van der Waals surface area contributed by atoms with E-state index in [-0.39, 0.29) is 6.04 Å². The van der Waals surface area contributed by atoms with Gasteiger partial charge in [-0.1, -0.05) is 32.3 Å². The van der Waals surface area contributed by atoms with Crippen LogP contribution in [0.2, 0.25) is 0 Å². The number of cyclic esters (lactones) is 1. The van der Waals surface area contributed by atoms with E-state index in [1.807, 2.05) is 13.8 Å². The van der Waals surface area contributed by atoms with E-state index in [9.17, 15) is 4.79 Å². The summed E-state index contributed by atoms with van der Waals surface area (Å²) in [4.78, 5) is 25.7. The quantitative estimate of drug-likeness (QED) is 0.879. The van der Waals surface area contributed by atoms with Crippen molar-refractivity contribution in [3.05, 3.63) is 24.0 Å². The second-order valence-corrected chi connectivity index (χ2v) is 5.48. The van der Waals surface area contributed by atoms with Gasteiger partial charge in [0.1, 0.15) is 18.5 Å². The maximum absolute atomic E-state index is 11.6. The van der Waals surface area contributed by atoms with Gasteiger partial charge in [-0.2, -0.15) is 9.97 Å². The highest BCUT2D eigenvalue weighted by atomic mass is 16.6. The molecule has 1 aliphatic heterocycles. The van der Waals surface area contributed by atoms with Crippen molar-refractivity contribution in [3.8, 4) is 0 Å². The predicted molar refractivity (Wildman–Crippen MR) is 92.4 cm³/mol. The van der Waals surface area contributed by atoms with Crippen molar-refractivity contribution in [2.24, 2.45) is 0 Å². The normalized spacial score (nSPS) is 14.6. The number of hydrogen-bond donors (Lipinski definition) is 1. The fourth-order valence-corrected chi connectivity index (χ4v) is 2.01. The summed E-state index contributed by atoms with van der Waals surface area (Å²) in [5.74, 6) is 1.98. The predicted octanol–water partition coefficient (Wildman–Crippen LogP) is 2.97. The lowest BCUT2D eigenvalue weighted by Crippen LogP contribution is -2.25.